The molecule has 0 radical (unpaired) electrons. The minimum Gasteiger partial charge on any atom is -0.473 e. The number of rotatable bonds is 5. The van der Waals surface area contributed by atoms with Crippen LogP contribution in [0.25, 0.3) is 0 Å². The normalized spacial score (nSPS) is 17.0. The number of hydrogen-bond acceptors (Lipinski definition) is 4. The Morgan fingerprint density at radius 2 is 2.13 bits per heavy atom. The fraction of sp³-hybridized carbons (Fsp3) is 0.333. The molecular formula is C18H20N2O2S. The number of carbonyl (C=O) groups is 1. The molecule has 0 N–H and O–H groups in total. The van der Waals surface area contributed by atoms with Gasteiger partial charge in [0.05, 0.1) is 0 Å². The minimum atomic E-state index is -0.0670. The number of carbonyl (C=O) groups excluding carboxylic acids is 1. The van der Waals surface area contributed by atoms with Gasteiger partial charge in [-0.1, -0.05) is 30.3 Å². The number of thioether (sulfide) groups is 1. The second-order valence-corrected chi connectivity index (χ2v) is 6.76. The number of pyridine rings is 1. The number of aromatic nitrogens is 1. The highest BCUT2D eigenvalue weighted by molar-refractivity contribution is 7.99. The quantitative estimate of drug-likeness (QED) is 0.845. The zero-order valence-corrected chi connectivity index (χ0v) is 14.0. The van der Waals surface area contributed by atoms with Crippen LogP contribution >= 0.6 is 11.8 Å². The Hall–Kier alpha value is -2.01. The number of hydrogen-bond donors (Lipinski definition) is 0. The summed E-state index contributed by atoms with van der Waals surface area (Å²) in [6, 6.07) is 13.5. The van der Waals surface area contributed by atoms with E-state index in [-0.39, 0.29) is 12.0 Å². The molecule has 4 nitrogen and oxygen atoms in total. The molecule has 120 valence electrons. The van der Waals surface area contributed by atoms with Crippen molar-refractivity contribution >= 4 is 17.7 Å². The molecule has 0 bridgehead atoms. The average Bonchev–Trinajstić information content (AvgIpc) is 3.09. The van der Waals surface area contributed by atoms with Crippen LogP contribution in [-0.2, 0) is 6.54 Å². The Balaban J connectivity index is 1.73. The molecule has 3 rings (SSSR count). The van der Waals surface area contributed by atoms with Gasteiger partial charge in [0.2, 0.25) is 5.88 Å². The molecule has 5 heteroatoms. The van der Waals surface area contributed by atoms with Gasteiger partial charge in [-0.3, -0.25) is 4.79 Å². The molecule has 2 aromatic rings. The SMILES string of the molecule is CN(Cc1ccccc1)C(=O)c1cccnc1OC1CCSC1. The van der Waals surface area contributed by atoms with Crippen LogP contribution in [0.1, 0.15) is 22.3 Å². The van der Waals surface area contributed by atoms with Crippen LogP contribution in [0.4, 0.5) is 0 Å². The maximum Gasteiger partial charge on any atom is 0.259 e. The van der Waals surface area contributed by atoms with E-state index in [9.17, 15) is 4.79 Å². The monoisotopic (exact) mass is 328 g/mol. The highest BCUT2D eigenvalue weighted by Crippen LogP contribution is 2.25. The predicted molar refractivity (Wildman–Crippen MR) is 92.8 cm³/mol. The number of nitrogens with zero attached hydrogens (tertiary/aromatic N) is 2. The predicted octanol–water partition coefficient (Wildman–Crippen LogP) is 3.24. The van der Waals surface area contributed by atoms with E-state index in [2.05, 4.69) is 4.98 Å². The van der Waals surface area contributed by atoms with E-state index >= 15 is 0 Å². The van der Waals surface area contributed by atoms with Crippen LogP contribution in [0.15, 0.2) is 48.7 Å². The van der Waals surface area contributed by atoms with E-state index in [4.69, 9.17) is 4.74 Å². The molecule has 1 aliphatic heterocycles. The first-order valence-electron chi connectivity index (χ1n) is 7.73. The average molecular weight is 328 g/mol. The molecule has 1 unspecified atom stereocenters. The lowest BCUT2D eigenvalue weighted by Gasteiger charge is -2.20. The van der Waals surface area contributed by atoms with E-state index < -0.39 is 0 Å². The lowest BCUT2D eigenvalue weighted by atomic mass is 10.2. The zero-order valence-electron chi connectivity index (χ0n) is 13.1. The van der Waals surface area contributed by atoms with Gasteiger partial charge < -0.3 is 9.64 Å². The Bertz CT molecular complexity index is 657. The van der Waals surface area contributed by atoms with Crippen molar-refractivity contribution in [1.29, 1.82) is 0 Å². The Labute approximate surface area is 140 Å². The maximum absolute atomic E-state index is 12.7. The summed E-state index contributed by atoms with van der Waals surface area (Å²) < 4.78 is 5.95. The molecule has 1 aromatic carbocycles. The van der Waals surface area contributed by atoms with Crippen molar-refractivity contribution in [2.75, 3.05) is 18.6 Å². The van der Waals surface area contributed by atoms with Crippen LogP contribution in [-0.4, -0.2) is 40.4 Å². The van der Waals surface area contributed by atoms with Crippen LogP contribution in [0, 0.1) is 0 Å². The third-order valence-corrected chi connectivity index (χ3v) is 4.91. The van der Waals surface area contributed by atoms with Crippen molar-refractivity contribution in [2.45, 2.75) is 19.1 Å². The van der Waals surface area contributed by atoms with Gasteiger partial charge in [0.25, 0.3) is 5.91 Å². The standard InChI is InChI=1S/C18H20N2O2S/c1-20(12-14-6-3-2-4-7-14)18(21)16-8-5-10-19-17(16)22-15-9-11-23-13-15/h2-8,10,15H,9,11-13H2,1H3. The molecular weight excluding hydrogens is 308 g/mol. The van der Waals surface area contributed by atoms with Gasteiger partial charge in [-0.05, 0) is 29.9 Å². The summed E-state index contributed by atoms with van der Waals surface area (Å²) in [6.07, 6.45) is 2.83. The van der Waals surface area contributed by atoms with Crippen molar-refractivity contribution < 1.29 is 9.53 Å². The molecule has 1 fully saturated rings. The highest BCUT2D eigenvalue weighted by atomic mass is 32.2. The van der Waals surface area contributed by atoms with Gasteiger partial charge in [0, 0.05) is 25.5 Å². The largest absolute Gasteiger partial charge is 0.473 e. The van der Waals surface area contributed by atoms with Gasteiger partial charge in [-0.15, -0.1) is 0 Å². The van der Waals surface area contributed by atoms with Crippen LogP contribution < -0.4 is 4.74 Å². The minimum absolute atomic E-state index is 0.0670. The molecule has 1 atom stereocenters. The van der Waals surface area contributed by atoms with E-state index in [0.29, 0.717) is 18.0 Å². The summed E-state index contributed by atoms with van der Waals surface area (Å²) in [6.45, 7) is 0.563. The fourth-order valence-corrected chi connectivity index (χ4v) is 3.64. The van der Waals surface area contributed by atoms with Crippen molar-refractivity contribution in [3.8, 4) is 5.88 Å². The second-order valence-electron chi connectivity index (χ2n) is 5.61. The van der Waals surface area contributed by atoms with Crippen LogP contribution in [0.2, 0.25) is 0 Å². The van der Waals surface area contributed by atoms with Crippen LogP contribution in [0.5, 0.6) is 5.88 Å². The van der Waals surface area contributed by atoms with Gasteiger partial charge >= 0.3 is 0 Å². The van der Waals surface area contributed by atoms with Crippen molar-refractivity contribution in [3.05, 3.63) is 59.8 Å². The van der Waals surface area contributed by atoms with Gasteiger partial charge in [0.15, 0.2) is 0 Å². The van der Waals surface area contributed by atoms with Gasteiger partial charge in [-0.25, -0.2) is 4.98 Å². The molecule has 1 aliphatic rings. The lowest BCUT2D eigenvalue weighted by molar-refractivity contribution is 0.0777. The first-order chi connectivity index (χ1) is 11.2. The molecule has 2 heterocycles. The third-order valence-electron chi connectivity index (χ3n) is 3.78. The zero-order chi connectivity index (χ0) is 16.1. The molecule has 23 heavy (non-hydrogen) atoms. The molecule has 1 amide bonds. The van der Waals surface area contributed by atoms with E-state index in [0.717, 1.165) is 23.5 Å². The summed E-state index contributed by atoms with van der Waals surface area (Å²) in [5.74, 6) is 2.45. The number of ether oxygens (including phenoxy) is 1. The maximum atomic E-state index is 12.7. The molecule has 0 spiro atoms. The van der Waals surface area contributed by atoms with Gasteiger partial charge in [-0.2, -0.15) is 11.8 Å². The summed E-state index contributed by atoms with van der Waals surface area (Å²) in [5.41, 5.74) is 1.63. The Morgan fingerprint density at radius 1 is 1.30 bits per heavy atom. The summed E-state index contributed by atoms with van der Waals surface area (Å²) in [5, 5.41) is 0. The summed E-state index contributed by atoms with van der Waals surface area (Å²) in [7, 11) is 1.80. The first-order valence-corrected chi connectivity index (χ1v) is 8.88. The summed E-state index contributed by atoms with van der Waals surface area (Å²) in [4.78, 5) is 18.7. The Kier molecular flexibility index (Phi) is 5.18. The molecule has 0 saturated carbocycles. The number of benzene rings is 1. The molecule has 0 aliphatic carbocycles. The second kappa shape index (κ2) is 7.51. The summed E-state index contributed by atoms with van der Waals surface area (Å²) >= 11 is 1.88. The topological polar surface area (TPSA) is 42.4 Å². The van der Waals surface area contributed by atoms with E-state index in [1.807, 2.05) is 42.1 Å². The smallest absolute Gasteiger partial charge is 0.259 e. The van der Waals surface area contributed by atoms with Crippen molar-refractivity contribution in [2.24, 2.45) is 0 Å². The molecule has 1 saturated heterocycles. The van der Waals surface area contributed by atoms with Crippen molar-refractivity contribution in [3.63, 3.8) is 0 Å². The number of amides is 1. The van der Waals surface area contributed by atoms with E-state index in [1.165, 1.54) is 0 Å². The molecule has 1 aromatic heterocycles. The lowest BCUT2D eigenvalue weighted by Crippen LogP contribution is -2.27. The van der Waals surface area contributed by atoms with E-state index in [1.54, 1.807) is 30.3 Å². The van der Waals surface area contributed by atoms with Crippen molar-refractivity contribution in [1.82, 2.24) is 9.88 Å². The highest BCUT2D eigenvalue weighted by Gasteiger charge is 2.22. The fourth-order valence-electron chi connectivity index (χ4n) is 2.55. The Morgan fingerprint density at radius 3 is 2.87 bits per heavy atom. The third kappa shape index (κ3) is 4.05. The first kappa shape index (κ1) is 15.9. The van der Waals surface area contributed by atoms with Crippen LogP contribution in [0.3, 0.4) is 0 Å². The van der Waals surface area contributed by atoms with Gasteiger partial charge in [0.1, 0.15) is 11.7 Å².